The van der Waals surface area contributed by atoms with Crippen LogP contribution in [0.4, 0.5) is 0 Å². The van der Waals surface area contributed by atoms with Gasteiger partial charge in [-0.25, -0.2) is 0 Å². The number of hydrogen-bond donors (Lipinski definition) is 1. The Kier molecular flexibility index (Phi) is 13.5. The van der Waals surface area contributed by atoms with Crippen LogP contribution in [0.2, 0.25) is 5.04 Å². The fourth-order valence-electron chi connectivity index (χ4n) is 5.94. The van der Waals surface area contributed by atoms with Crippen molar-refractivity contribution in [3.63, 3.8) is 0 Å². The van der Waals surface area contributed by atoms with Crippen LogP contribution in [-0.4, -0.2) is 45.6 Å². The summed E-state index contributed by atoms with van der Waals surface area (Å²) in [5.41, 5.74) is 2.34. The highest BCUT2D eigenvalue weighted by atomic mass is 28.4. The molecule has 0 aliphatic carbocycles. The molecule has 1 fully saturated rings. The van der Waals surface area contributed by atoms with E-state index in [9.17, 15) is 5.11 Å². The van der Waals surface area contributed by atoms with Crippen LogP contribution in [0.1, 0.15) is 86.5 Å². The van der Waals surface area contributed by atoms with Crippen LogP contribution in [0.5, 0.6) is 0 Å². The first-order valence-electron chi connectivity index (χ1n) is 15.6. The molecule has 4 nitrogen and oxygen atoms in total. The molecule has 3 rings (SSSR count). The van der Waals surface area contributed by atoms with Gasteiger partial charge in [-0.05, 0) is 80.1 Å². The first-order valence-corrected chi connectivity index (χ1v) is 17.5. The van der Waals surface area contributed by atoms with Crippen LogP contribution in [0, 0.1) is 5.92 Å². The van der Waals surface area contributed by atoms with Gasteiger partial charge in [0.05, 0.1) is 13.2 Å². The quantitative estimate of drug-likeness (QED) is 0.175. The number of aliphatic hydroxyl groups excluding tert-OH is 1. The van der Waals surface area contributed by atoms with Gasteiger partial charge in [-0.15, -0.1) is 0 Å². The van der Waals surface area contributed by atoms with E-state index in [-0.39, 0.29) is 24.0 Å². The molecule has 226 valence electrons. The summed E-state index contributed by atoms with van der Waals surface area (Å²) >= 11 is 0. The van der Waals surface area contributed by atoms with E-state index in [0.29, 0.717) is 12.5 Å². The molecule has 0 spiro atoms. The van der Waals surface area contributed by atoms with Crippen molar-refractivity contribution in [2.45, 2.75) is 104 Å². The van der Waals surface area contributed by atoms with Crippen molar-refractivity contribution in [3.8, 4) is 0 Å². The van der Waals surface area contributed by atoms with E-state index in [1.165, 1.54) is 22.4 Å². The fourth-order valence-corrected chi connectivity index (χ4v) is 10.6. The number of benzene rings is 2. The van der Waals surface area contributed by atoms with Crippen molar-refractivity contribution in [2.75, 3.05) is 19.8 Å². The topological polar surface area (TPSA) is 47.9 Å². The van der Waals surface area contributed by atoms with Gasteiger partial charge in [0.25, 0.3) is 8.32 Å². The summed E-state index contributed by atoms with van der Waals surface area (Å²) in [5.74, 6) is 0.487. The van der Waals surface area contributed by atoms with Gasteiger partial charge in [-0.3, -0.25) is 0 Å². The molecule has 1 saturated heterocycles. The van der Waals surface area contributed by atoms with E-state index >= 15 is 0 Å². The Morgan fingerprint density at radius 2 is 1.61 bits per heavy atom. The molecule has 1 aliphatic rings. The molecule has 0 aromatic heterocycles. The van der Waals surface area contributed by atoms with Crippen molar-refractivity contribution in [1.29, 1.82) is 0 Å². The maximum absolute atomic E-state index is 9.41. The molecule has 1 aliphatic heterocycles. The highest BCUT2D eigenvalue weighted by Crippen LogP contribution is 2.39. The minimum atomic E-state index is -2.68. The maximum atomic E-state index is 9.41. The van der Waals surface area contributed by atoms with Crippen molar-refractivity contribution in [2.24, 2.45) is 5.92 Å². The summed E-state index contributed by atoms with van der Waals surface area (Å²) in [6.07, 6.45) is 11.6. The summed E-state index contributed by atoms with van der Waals surface area (Å²) in [6.45, 7) is 15.1. The predicted molar refractivity (Wildman–Crippen MR) is 174 cm³/mol. The Morgan fingerprint density at radius 1 is 0.976 bits per heavy atom. The summed E-state index contributed by atoms with van der Waals surface area (Å²) in [5, 5.41) is 12.0. The predicted octanol–water partition coefficient (Wildman–Crippen LogP) is 7.56. The fraction of sp³-hybridized carbons (Fsp3) is 0.556. The van der Waals surface area contributed by atoms with E-state index in [0.717, 1.165) is 50.7 Å². The molecule has 2 aromatic carbocycles. The lowest BCUT2D eigenvalue weighted by Gasteiger charge is -2.45. The highest BCUT2D eigenvalue weighted by molar-refractivity contribution is 6.99. The molecule has 3 atom stereocenters. The Morgan fingerprint density at radius 3 is 2.15 bits per heavy atom. The molecule has 0 bridgehead atoms. The molecule has 41 heavy (non-hydrogen) atoms. The zero-order chi connectivity index (χ0) is 29.7. The zero-order valence-corrected chi connectivity index (χ0v) is 27.4. The largest absolute Gasteiger partial charge is 0.404 e. The number of aliphatic hydroxyl groups is 1. The lowest BCUT2D eigenvalue weighted by atomic mass is 9.95. The highest BCUT2D eigenvalue weighted by Gasteiger charge is 2.51. The van der Waals surface area contributed by atoms with E-state index in [4.69, 9.17) is 13.9 Å². The Balaban J connectivity index is 1.90. The maximum Gasteiger partial charge on any atom is 0.261 e. The van der Waals surface area contributed by atoms with Crippen LogP contribution >= 0.6 is 0 Å². The second-order valence-electron chi connectivity index (χ2n) is 12.9. The minimum absolute atomic E-state index is 0.0707. The van der Waals surface area contributed by atoms with Gasteiger partial charge in [0, 0.05) is 12.7 Å². The summed E-state index contributed by atoms with van der Waals surface area (Å²) < 4.78 is 19.4. The van der Waals surface area contributed by atoms with Crippen LogP contribution in [0.25, 0.3) is 0 Å². The average Bonchev–Trinajstić information content (AvgIpc) is 2.96. The lowest BCUT2D eigenvalue weighted by Crippen LogP contribution is -2.67. The molecular weight excluding hydrogens is 524 g/mol. The normalized spacial score (nSPS) is 18.8. The Labute approximate surface area is 251 Å². The van der Waals surface area contributed by atoms with Gasteiger partial charge in [0.2, 0.25) is 0 Å². The van der Waals surface area contributed by atoms with Crippen LogP contribution in [0.15, 0.2) is 84.0 Å². The Bertz CT molecular complexity index is 1030. The molecular formula is C36H54O4Si. The second kappa shape index (κ2) is 16.6. The molecule has 1 N–H and O–H groups in total. The third kappa shape index (κ3) is 10.0. The van der Waals surface area contributed by atoms with Gasteiger partial charge >= 0.3 is 0 Å². The van der Waals surface area contributed by atoms with E-state index in [1.54, 1.807) is 0 Å². The van der Waals surface area contributed by atoms with E-state index < -0.39 is 8.32 Å². The van der Waals surface area contributed by atoms with Crippen molar-refractivity contribution < 1.29 is 19.0 Å². The van der Waals surface area contributed by atoms with Crippen LogP contribution in [0.3, 0.4) is 0 Å². The van der Waals surface area contributed by atoms with Gasteiger partial charge in [0.1, 0.15) is 0 Å². The second-order valence-corrected chi connectivity index (χ2v) is 17.2. The zero-order valence-electron chi connectivity index (χ0n) is 26.4. The first kappa shape index (κ1) is 33.5. The molecule has 2 aromatic rings. The van der Waals surface area contributed by atoms with E-state index in [2.05, 4.69) is 107 Å². The van der Waals surface area contributed by atoms with Crippen molar-refractivity contribution in [1.82, 2.24) is 0 Å². The van der Waals surface area contributed by atoms with E-state index in [1.807, 2.05) is 6.92 Å². The summed E-state index contributed by atoms with van der Waals surface area (Å²) in [4.78, 5) is 0. The summed E-state index contributed by atoms with van der Waals surface area (Å²) in [6, 6.07) is 21.9. The minimum Gasteiger partial charge on any atom is -0.404 e. The van der Waals surface area contributed by atoms with Crippen LogP contribution < -0.4 is 10.4 Å². The van der Waals surface area contributed by atoms with Gasteiger partial charge in [0.15, 0.2) is 6.29 Å². The first-order chi connectivity index (χ1) is 19.7. The molecule has 5 heteroatoms. The number of rotatable bonds is 15. The Hall–Kier alpha value is -2.02. The SMILES string of the molecule is C/C(=C\CCC(C)CC(C/C(C)=C/COC1CCCCO1)O[Si](c1ccccc1)(c1ccccc1)C(C)(C)C)CO. The number of ether oxygens (including phenoxy) is 2. The molecule has 0 saturated carbocycles. The summed E-state index contributed by atoms with van der Waals surface area (Å²) in [7, 11) is -2.68. The molecule has 3 unspecified atom stereocenters. The smallest absolute Gasteiger partial charge is 0.261 e. The average molecular weight is 579 g/mol. The third-order valence-corrected chi connectivity index (χ3v) is 13.3. The standard InChI is InChI=1S/C36H54O4Si/c1-29(16-15-17-31(3)28-37)26-32(27-30(2)23-25-39-35-22-13-14-24-38-35)40-41(36(4,5)6,33-18-9-7-10-19-33)34-20-11-8-12-21-34/h7-12,17-21,23,29,32,35,37H,13-16,22,24-28H2,1-6H3/b30-23+,31-17+. The van der Waals surface area contributed by atoms with Crippen molar-refractivity contribution >= 4 is 18.7 Å². The van der Waals surface area contributed by atoms with Crippen LogP contribution in [-0.2, 0) is 13.9 Å². The third-order valence-electron chi connectivity index (χ3n) is 8.23. The lowest BCUT2D eigenvalue weighted by molar-refractivity contribution is -0.155. The molecule has 1 heterocycles. The van der Waals surface area contributed by atoms with Gasteiger partial charge in [-0.2, -0.15) is 0 Å². The van der Waals surface area contributed by atoms with Gasteiger partial charge < -0.3 is 19.0 Å². The molecule has 0 radical (unpaired) electrons. The van der Waals surface area contributed by atoms with Crippen molar-refractivity contribution in [3.05, 3.63) is 84.0 Å². The number of hydrogen-bond acceptors (Lipinski definition) is 4. The number of allylic oxidation sites excluding steroid dienone is 1. The molecule has 0 amide bonds. The van der Waals surface area contributed by atoms with Gasteiger partial charge in [-0.1, -0.05) is 112 Å². The monoisotopic (exact) mass is 578 g/mol.